The molecule has 0 unspecified atom stereocenters. The van der Waals surface area contributed by atoms with Crippen molar-refractivity contribution in [2.24, 2.45) is 0 Å². The van der Waals surface area contributed by atoms with Crippen LogP contribution in [-0.4, -0.2) is 21.0 Å². The molecule has 0 aliphatic carbocycles. The molecule has 1 aromatic carbocycles. The van der Waals surface area contributed by atoms with Gasteiger partial charge in [-0.25, -0.2) is 14.8 Å². The summed E-state index contributed by atoms with van der Waals surface area (Å²) in [6, 6.07) is 5.69. The van der Waals surface area contributed by atoms with Gasteiger partial charge in [0.1, 0.15) is 6.33 Å². The number of amides is 2. The van der Waals surface area contributed by atoms with Gasteiger partial charge in [0.05, 0.1) is 5.56 Å². The summed E-state index contributed by atoms with van der Waals surface area (Å²) >= 11 is 0. The Bertz CT molecular complexity index is 901. The molecule has 2 amide bonds. The van der Waals surface area contributed by atoms with E-state index < -0.39 is 17.8 Å². The number of halogens is 3. The smallest absolute Gasteiger partial charge is 0.308 e. The number of aromatic nitrogens is 3. The molecule has 2 N–H and O–H groups in total. The quantitative estimate of drug-likeness (QED) is 0.734. The third-order valence-electron chi connectivity index (χ3n) is 3.35. The van der Waals surface area contributed by atoms with E-state index in [-0.39, 0.29) is 11.3 Å². The Morgan fingerprint density at radius 2 is 1.50 bits per heavy atom. The molecule has 0 saturated carbocycles. The van der Waals surface area contributed by atoms with Crippen molar-refractivity contribution in [3.05, 3.63) is 67.0 Å². The van der Waals surface area contributed by atoms with Crippen LogP contribution in [0.5, 0.6) is 0 Å². The summed E-state index contributed by atoms with van der Waals surface area (Å²) in [5, 5.41) is 4.91. The van der Waals surface area contributed by atoms with Gasteiger partial charge in [-0.05, 0) is 35.9 Å². The van der Waals surface area contributed by atoms with E-state index in [1.807, 2.05) is 0 Å². The summed E-state index contributed by atoms with van der Waals surface area (Å²) in [5.41, 5.74) is 0.195. The number of anilines is 2. The molecular formula is C17H12F3N5O. The number of benzene rings is 1. The molecule has 26 heavy (non-hydrogen) atoms. The Balaban J connectivity index is 1.89. The highest BCUT2D eigenvalue weighted by molar-refractivity contribution is 6.00. The lowest BCUT2D eigenvalue weighted by Crippen LogP contribution is -2.20. The molecule has 132 valence electrons. The highest BCUT2D eigenvalue weighted by Crippen LogP contribution is 2.34. The fourth-order valence-electron chi connectivity index (χ4n) is 2.21. The SMILES string of the molecule is O=C(Nc1ccncc1)Nc1cc(-c2cncnc2)cc(C(F)(F)F)c1. The zero-order valence-corrected chi connectivity index (χ0v) is 13.2. The Hall–Kier alpha value is -3.49. The Morgan fingerprint density at radius 1 is 0.846 bits per heavy atom. The third kappa shape index (κ3) is 4.32. The van der Waals surface area contributed by atoms with E-state index in [4.69, 9.17) is 0 Å². The van der Waals surface area contributed by atoms with Gasteiger partial charge in [-0.2, -0.15) is 13.2 Å². The molecule has 3 aromatic rings. The van der Waals surface area contributed by atoms with Crippen molar-refractivity contribution < 1.29 is 18.0 Å². The second-order valence-corrected chi connectivity index (χ2v) is 5.24. The molecule has 2 aromatic heterocycles. The monoisotopic (exact) mass is 359 g/mol. The number of rotatable bonds is 3. The Morgan fingerprint density at radius 3 is 2.15 bits per heavy atom. The minimum absolute atomic E-state index is 0.00904. The number of hydrogen-bond donors (Lipinski definition) is 2. The number of carbonyl (C=O) groups excluding carboxylic acids is 1. The van der Waals surface area contributed by atoms with Crippen LogP contribution in [0.1, 0.15) is 5.56 Å². The summed E-state index contributed by atoms with van der Waals surface area (Å²) in [7, 11) is 0. The van der Waals surface area contributed by atoms with Crippen LogP contribution >= 0.6 is 0 Å². The largest absolute Gasteiger partial charge is 0.416 e. The Kier molecular flexibility index (Phi) is 4.78. The lowest BCUT2D eigenvalue weighted by molar-refractivity contribution is -0.137. The van der Waals surface area contributed by atoms with Crippen LogP contribution in [0.15, 0.2) is 61.4 Å². The molecule has 2 heterocycles. The molecular weight excluding hydrogens is 347 g/mol. The molecule has 0 aliphatic heterocycles. The van der Waals surface area contributed by atoms with Crippen molar-refractivity contribution >= 4 is 17.4 Å². The van der Waals surface area contributed by atoms with Crippen LogP contribution in [-0.2, 0) is 6.18 Å². The molecule has 0 aliphatic rings. The molecule has 0 spiro atoms. The van der Waals surface area contributed by atoms with Gasteiger partial charge >= 0.3 is 12.2 Å². The first-order chi connectivity index (χ1) is 12.4. The van der Waals surface area contributed by atoms with Crippen LogP contribution in [0, 0.1) is 0 Å². The molecule has 6 nitrogen and oxygen atoms in total. The van der Waals surface area contributed by atoms with Gasteiger partial charge in [-0.15, -0.1) is 0 Å². The molecule has 0 radical (unpaired) electrons. The van der Waals surface area contributed by atoms with Gasteiger partial charge in [0.15, 0.2) is 0 Å². The number of pyridine rings is 1. The maximum atomic E-state index is 13.2. The van der Waals surface area contributed by atoms with Gasteiger partial charge in [-0.1, -0.05) is 0 Å². The van der Waals surface area contributed by atoms with E-state index in [0.29, 0.717) is 11.3 Å². The van der Waals surface area contributed by atoms with Crippen molar-refractivity contribution in [1.29, 1.82) is 0 Å². The minimum atomic E-state index is -4.57. The number of urea groups is 1. The number of carbonyl (C=O) groups is 1. The van der Waals surface area contributed by atoms with Crippen molar-refractivity contribution in [2.75, 3.05) is 10.6 Å². The average Bonchev–Trinajstić information content (AvgIpc) is 2.62. The predicted octanol–water partition coefficient (Wildman–Crippen LogP) is 4.20. The van der Waals surface area contributed by atoms with E-state index in [9.17, 15) is 18.0 Å². The molecule has 0 saturated heterocycles. The van der Waals surface area contributed by atoms with Crippen molar-refractivity contribution in [1.82, 2.24) is 15.0 Å². The van der Waals surface area contributed by atoms with E-state index in [2.05, 4.69) is 25.6 Å². The van der Waals surface area contributed by atoms with Crippen molar-refractivity contribution in [3.8, 4) is 11.1 Å². The Labute approximate surface area is 146 Å². The summed E-state index contributed by atoms with van der Waals surface area (Å²) < 4.78 is 39.5. The van der Waals surface area contributed by atoms with Crippen LogP contribution in [0.4, 0.5) is 29.3 Å². The maximum Gasteiger partial charge on any atom is 0.416 e. The number of alkyl halides is 3. The van der Waals surface area contributed by atoms with Crippen molar-refractivity contribution in [3.63, 3.8) is 0 Å². The van der Waals surface area contributed by atoms with Crippen LogP contribution < -0.4 is 10.6 Å². The second-order valence-electron chi connectivity index (χ2n) is 5.24. The average molecular weight is 359 g/mol. The number of hydrogen-bond acceptors (Lipinski definition) is 4. The molecule has 9 heteroatoms. The van der Waals surface area contributed by atoms with Gasteiger partial charge in [0.25, 0.3) is 0 Å². The first-order valence-electron chi connectivity index (χ1n) is 7.37. The molecule has 3 rings (SSSR count). The fourth-order valence-corrected chi connectivity index (χ4v) is 2.21. The van der Waals surface area contributed by atoms with E-state index in [1.165, 1.54) is 37.2 Å². The maximum absolute atomic E-state index is 13.2. The lowest BCUT2D eigenvalue weighted by Gasteiger charge is -2.13. The summed E-state index contributed by atoms with van der Waals surface area (Å²) in [6.45, 7) is 0. The second kappa shape index (κ2) is 7.18. The normalized spacial score (nSPS) is 11.0. The summed E-state index contributed by atoms with van der Waals surface area (Å²) in [4.78, 5) is 23.5. The topological polar surface area (TPSA) is 79.8 Å². The van der Waals surface area contributed by atoms with Crippen LogP contribution in [0.25, 0.3) is 11.1 Å². The van der Waals surface area contributed by atoms with E-state index in [1.54, 1.807) is 12.1 Å². The minimum Gasteiger partial charge on any atom is -0.308 e. The molecule has 0 bridgehead atoms. The zero-order valence-electron chi connectivity index (χ0n) is 13.2. The van der Waals surface area contributed by atoms with Crippen LogP contribution in [0.3, 0.4) is 0 Å². The first kappa shape index (κ1) is 17.3. The standard InChI is InChI=1S/C17H12F3N5O/c18-17(19,20)13-5-11(12-8-22-10-23-9-12)6-15(7-13)25-16(26)24-14-1-3-21-4-2-14/h1-10H,(H2,21,24,25,26). The summed E-state index contributed by atoms with van der Waals surface area (Å²) in [5.74, 6) is 0. The lowest BCUT2D eigenvalue weighted by atomic mass is 10.0. The first-order valence-corrected chi connectivity index (χ1v) is 7.37. The fraction of sp³-hybridized carbons (Fsp3) is 0.0588. The van der Waals surface area contributed by atoms with Gasteiger partial charge in [-0.3, -0.25) is 4.98 Å². The number of nitrogens with one attached hydrogen (secondary N) is 2. The third-order valence-corrected chi connectivity index (χ3v) is 3.35. The zero-order chi connectivity index (χ0) is 18.6. The summed E-state index contributed by atoms with van der Waals surface area (Å²) in [6.07, 6.45) is 2.45. The van der Waals surface area contributed by atoms with Crippen molar-refractivity contribution in [2.45, 2.75) is 6.18 Å². The predicted molar refractivity (Wildman–Crippen MR) is 89.3 cm³/mol. The number of nitrogens with zero attached hydrogens (tertiary/aromatic N) is 3. The van der Waals surface area contributed by atoms with Gasteiger partial charge < -0.3 is 10.6 Å². The van der Waals surface area contributed by atoms with Gasteiger partial charge in [0.2, 0.25) is 0 Å². The highest BCUT2D eigenvalue weighted by atomic mass is 19.4. The van der Waals surface area contributed by atoms with E-state index in [0.717, 1.165) is 12.1 Å². The van der Waals surface area contributed by atoms with Gasteiger partial charge in [0, 0.05) is 41.7 Å². The van der Waals surface area contributed by atoms with Crippen LogP contribution in [0.2, 0.25) is 0 Å². The van der Waals surface area contributed by atoms with E-state index >= 15 is 0 Å². The molecule has 0 fully saturated rings. The molecule has 0 atom stereocenters. The highest BCUT2D eigenvalue weighted by Gasteiger charge is 2.31.